The molecular weight excluding hydrogens is 294 g/mol. The summed E-state index contributed by atoms with van der Waals surface area (Å²) in [6.45, 7) is -0.558. The van der Waals surface area contributed by atoms with Crippen molar-refractivity contribution in [2.75, 3.05) is 6.61 Å². The number of hydrogen-bond acceptors (Lipinski definition) is 5. The molecule has 8 nitrogen and oxygen atoms in total. The fraction of sp³-hybridized carbons (Fsp3) is 0.273. The highest BCUT2D eigenvalue weighted by Crippen LogP contribution is 2.22. The van der Waals surface area contributed by atoms with Gasteiger partial charge < -0.3 is 15.5 Å². The van der Waals surface area contributed by atoms with Crippen LogP contribution in [-0.4, -0.2) is 39.7 Å². The molecule has 0 saturated heterocycles. The first kappa shape index (κ1) is 16.4. The third kappa shape index (κ3) is 3.92. The number of carbonyl (C=O) groups is 2. The average Bonchev–Trinajstić information content (AvgIpc) is 2.40. The number of hydrogen-bond donors (Lipinski definition) is 3. The van der Waals surface area contributed by atoms with E-state index in [0.717, 1.165) is 0 Å². The van der Waals surface area contributed by atoms with Crippen LogP contribution in [0.1, 0.15) is 16.8 Å². The number of nitro benzene ring substituents is 1. The van der Waals surface area contributed by atoms with Crippen LogP contribution in [0.5, 0.6) is 0 Å². The second kappa shape index (κ2) is 6.70. The minimum Gasteiger partial charge on any atom is -0.480 e. The van der Waals surface area contributed by atoms with Gasteiger partial charge in [-0.3, -0.25) is 14.9 Å². The van der Waals surface area contributed by atoms with E-state index in [9.17, 15) is 28.5 Å². The second-order valence-corrected chi connectivity index (χ2v) is 3.92. The molecule has 0 aliphatic carbocycles. The summed E-state index contributed by atoms with van der Waals surface area (Å²) < 4.78 is 26.0. The molecule has 0 aromatic heterocycles. The number of aliphatic carboxylic acids is 1. The van der Waals surface area contributed by atoms with Crippen LogP contribution >= 0.6 is 0 Å². The van der Waals surface area contributed by atoms with E-state index < -0.39 is 52.3 Å². The van der Waals surface area contributed by atoms with Crippen LogP contribution in [0.25, 0.3) is 0 Å². The third-order valence-corrected chi connectivity index (χ3v) is 2.50. The number of nitrogens with one attached hydrogen (secondary N) is 1. The van der Waals surface area contributed by atoms with Gasteiger partial charge in [0.05, 0.1) is 11.0 Å². The van der Waals surface area contributed by atoms with Gasteiger partial charge in [-0.1, -0.05) is 0 Å². The van der Waals surface area contributed by atoms with E-state index in [2.05, 4.69) is 0 Å². The lowest BCUT2D eigenvalue weighted by Crippen LogP contribution is -2.41. The molecule has 0 unspecified atom stereocenters. The van der Waals surface area contributed by atoms with Crippen LogP contribution in [0, 0.1) is 21.7 Å². The van der Waals surface area contributed by atoms with Crippen molar-refractivity contribution < 1.29 is 33.5 Å². The number of aliphatic hydroxyl groups excluding tert-OH is 1. The van der Waals surface area contributed by atoms with Gasteiger partial charge >= 0.3 is 5.97 Å². The lowest BCUT2D eigenvalue weighted by Gasteiger charge is -2.13. The SMILES string of the molecule is O=C(N[C@@H](CCO)C(=O)O)c1cc(F)c(F)cc1[N+](=O)[O-]. The maximum atomic E-state index is 13.1. The topological polar surface area (TPSA) is 130 Å². The van der Waals surface area contributed by atoms with Gasteiger partial charge in [0, 0.05) is 13.0 Å². The van der Waals surface area contributed by atoms with Crippen molar-refractivity contribution in [2.24, 2.45) is 0 Å². The van der Waals surface area contributed by atoms with Crippen molar-refractivity contribution >= 4 is 17.6 Å². The predicted octanol–water partition coefficient (Wildman–Crippen LogP) is 0.438. The van der Waals surface area contributed by atoms with E-state index in [0.29, 0.717) is 6.07 Å². The zero-order valence-electron chi connectivity index (χ0n) is 10.4. The Morgan fingerprint density at radius 3 is 2.38 bits per heavy atom. The molecule has 3 N–H and O–H groups in total. The number of nitro groups is 1. The first-order chi connectivity index (χ1) is 9.77. The molecule has 1 atom stereocenters. The summed E-state index contributed by atoms with van der Waals surface area (Å²) in [5, 5.41) is 30.0. The number of benzene rings is 1. The molecule has 0 spiro atoms. The second-order valence-electron chi connectivity index (χ2n) is 3.92. The van der Waals surface area contributed by atoms with Crippen LogP contribution in [0.2, 0.25) is 0 Å². The van der Waals surface area contributed by atoms with Gasteiger partial charge in [-0.05, 0) is 6.07 Å². The number of halogens is 2. The molecule has 0 bridgehead atoms. The molecule has 1 aromatic rings. The highest BCUT2D eigenvalue weighted by atomic mass is 19.2. The molecule has 21 heavy (non-hydrogen) atoms. The number of rotatable bonds is 6. The van der Waals surface area contributed by atoms with Crippen molar-refractivity contribution in [3.63, 3.8) is 0 Å². The minimum absolute atomic E-state index is 0.228. The van der Waals surface area contributed by atoms with Crippen LogP contribution in [0.3, 0.4) is 0 Å². The van der Waals surface area contributed by atoms with E-state index in [4.69, 9.17) is 10.2 Å². The molecule has 114 valence electrons. The van der Waals surface area contributed by atoms with Gasteiger partial charge in [0.15, 0.2) is 11.6 Å². The highest BCUT2D eigenvalue weighted by Gasteiger charge is 2.27. The molecule has 0 radical (unpaired) electrons. The lowest BCUT2D eigenvalue weighted by atomic mass is 10.1. The van der Waals surface area contributed by atoms with Crippen molar-refractivity contribution in [2.45, 2.75) is 12.5 Å². The van der Waals surface area contributed by atoms with Crippen molar-refractivity contribution in [1.29, 1.82) is 0 Å². The monoisotopic (exact) mass is 304 g/mol. The van der Waals surface area contributed by atoms with E-state index in [-0.39, 0.29) is 12.5 Å². The van der Waals surface area contributed by atoms with Crippen molar-refractivity contribution in [3.05, 3.63) is 39.4 Å². The number of aliphatic hydroxyl groups is 1. The largest absolute Gasteiger partial charge is 0.480 e. The highest BCUT2D eigenvalue weighted by molar-refractivity contribution is 6.00. The quantitative estimate of drug-likeness (QED) is 0.516. The van der Waals surface area contributed by atoms with Crippen LogP contribution in [0.15, 0.2) is 12.1 Å². The fourth-order valence-corrected chi connectivity index (χ4v) is 1.49. The Hall–Kier alpha value is -2.62. The lowest BCUT2D eigenvalue weighted by molar-refractivity contribution is -0.385. The standard InChI is InChI=1S/C11H10F2N2O6/c12-6-3-5(9(15(20)21)4-7(6)13)10(17)14-8(1-2-16)11(18)19/h3-4,8,16H,1-2H2,(H,14,17)(H,18,19)/t8-/m0/s1. The summed E-state index contributed by atoms with van der Waals surface area (Å²) >= 11 is 0. The predicted molar refractivity (Wildman–Crippen MR) is 63.6 cm³/mol. The minimum atomic E-state index is -1.52. The van der Waals surface area contributed by atoms with E-state index >= 15 is 0 Å². The summed E-state index contributed by atoms with van der Waals surface area (Å²) in [5.41, 5.74) is -1.82. The summed E-state index contributed by atoms with van der Waals surface area (Å²) in [6, 6.07) is -0.984. The maximum Gasteiger partial charge on any atom is 0.326 e. The molecule has 0 saturated carbocycles. The molecule has 1 aromatic carbocycles. The van der Waals surface area contributed by atoms with Gasteiger partial charge in [0.2, 0.25) is 0 Å². The van der Waals surface area contributed by atoms with E-state index in [1.807, 2.05) is 5.32 Å². The van der Waals surface area contributed by atoms with Crippen LogP contribution in [0.4, 0.5) is 14.5 Å². The molecule has 0 heterocycles. The molecule has 0 aliphatic rings. The van der Waals surface area contributed by atoms with Crippen molar-refractivity contribution in [3.8, 4) is 0 Å². The molecule has 0 fully saturated rings. The normalized spacial score (nSPS) is 11.8. The molecule has 10 heteroatoms. The molecule has 1 rings (SSSR count). The Balaban J connectivity index is 3.14. The summed E-state index contributed by atoms with van der Waals surface area (Å²) in [5.74, 6) is -5.74. The number of nitrogens with zero attached hydrogens (tertiary/aromatic N) is 1. The fourth-order valence-electron chi connectivity index (χ4n) is 1.49. The van der Waals surface area contributed by atoms with E-state index in [1.54, 1.807) is 0 Å². The first-order valence-corrected chi connectivity index (χ1v) is 5.56. The van der Waals surface area contributed by atoms with Crippen molar-refractivity contribution in [1.82, 2.24) is 5.32 Å². The van der Waals surface area contributed by atoms with E-state index in [1.165, 1.54) is 0 Å². The van der Waals surface area contributed by atoms with Gasteiger partial charge in [-0.25, -0.2) is 13.6 Å². The molecular formula is C11H10F2N2O6. The summed E-state index contributed by atoms with van der Waals surface area (Å²) in [4.78, 5) is 32.2. The Morgan fingerprint density at radius 1 is 1.33 bits per heavy atom. The van der Waals surface area contributed by atoms with Gasteiger partial charge in [0.25, 0.3) is 11.6 Å². The van der Waals surface area contributed by atoms with Gasteiger partial charge in [-0.15, -0.1) is 0 Å². The smallest absolute Gasteiger partial charge is 0.326 e. The Bertz CT molecular complexity index is 592. The molecule has 0 aliphatic heterocycles. The summed E-state index contributed by atoms with van der Waals surface area (Å²) in [6.07, 6.45) is -0.349. The van der Waals surface area contributed by atoms with Gasteiger partial charge in [-0.2, -0.15) is 0 Å². The number of carboxylic acids is 1. The maximum absolute atomic E-state index is 13.1. The third-order valence-electron chi connectivity index (χ3n) is 2.50. The Kier molecular flexibility index (Phi) is 5.24. The number of amides is 1. The number of carboxylic acid groups (broad SMARTS) is 1. The average molecular weight is 304 g/mol. The molecule has 1 amide bonds. The first-order valence-electron chi connectivity index (χ1n) is 5.56. The van der Waals surface area contributed by atoms with Crippen LogP contribution < -0.4 is 5.32 Å². The number of carbonyl (C=O) groups excluding carboxylic acids is 1. The Morgan fingerprint density at radius 2 is 1.90 bits per heavy atom. The zero-order chi connectivity index (χ0) is 16.2. The Labute approximate surface area is 116 Å². The van der Waals surface area contributed by atoms with Crippen LogP contribution in [-0.2, 0) is 4.79 Å². The summed E-state index contributed by atoms with van der Waals surface area (Å²) in [7, 11) is 0. The van der Waals surface area contributed by atoms with Gasteiger partial charge in [0.1, 0.15) is 11.6 Å². The zero-order valence-corrected chi connectivity index (χ0v) is 10.4.